The molecule has 0 fully saturated rings. The van der Waals surface area contributed by atoms with Crippen molar-refractivity contribution in [3.8, 4) is 0 Å². The smallest absolute Gasteiger partial charge is 0.223 e. The van der Waals surface area contributed by atoms with Crippen molar-refractivity contribution < 1.29 is 14.0 Å². The van der Waals surface area contributed by atoms with Gasteiger partial charge in [0.25, 0.3) is 0 Å². The number of fused-ring (bicyclic) bond motifs is 1. The van der Waals surface area contributed by atoms with Gasteiger partial charge in [0.1, 0.15) is 0 Å². The van der Waals surface area contributed by atoms with Crippen LogP contribution >= 0.6 is 0 Å². The number of furan rings is 1. The van der Waals surface area contributed by atoms with E-state index in [1.807, 2.05) is 30.3 Å². The SMILES string of the molecule is CC(=O)N1C=Cc2ccccc2[C@H]1CC(=O)NCc1ccoc1. The summed E-state index contributed by atoms with van der Waals surface area (Å²) in [6, 6.07) is 9.34. The fourth-order valence-electron chi connectivity index (χ4n) is 2.75. The van der Waals surface area contributed by atoms with E-state index in [9.17, 15) is 9.59 Å². The molecule has 1 N–H and O–H groups in total. The van der Waals surface area contributed by atoms with E-state index >= 15 is 0 Å². The van der Waals surface area contributed by atoms with Crippen molar-refractivity contribution in [3.63, 3.8) is 0 Å². The Hall–Kier alpha value is -2.82. The quantitative estimate of drug-likeness (QED) is 0.944. The third kappa shape index (κ3) is 3.34. The first kappa shape index (κ1) is 15.1. The molecule has 0 unspecified atom stereocenters. The fraction of sp³-hybridized carbons (Fsp3) is 0.222. The summed E-state index contributed by atoms with van der Waals surface area (Å²) in [5.74, 6) is -0.184. The van der Waals surface area contributed by atoms with Crippen molar-refractivity contribution in [3.05, 3.63) is 65.7 Å². The van der Waals surface area contributed by atoms with Crippen LogP contribution in [0.1, 0.15) is 36.1 Å². The Morgan fingerprint density at radius 2 is 2.09 bits per heavy atom. The van der Waals surface area contributed by atoms with Crippen LogP contribution in [0.2, 0.25) is 0 Å². The molecule has 2 amide bonds. The molecule has 2 aromatic rings. The minimum absolute atomic E-state index is 0.0802. The van der Waals surface area contributed by atoms with Crippen molar-refractivity contribution in [1.29, 1.82) is 0 Å². The zero-order valence-electron chi connectivity index (χ0n) is 12.9. The number of hydrogen-bond donors (Lipinski definition) is 1. The van der Waals surface area contributed by atoms with E-state index < -0.39 is 0 Å². The summed E-state index contributed by atoms with van der Waals surface area (Å²) in [7, 11) is 0. The molecule has 0 saturated carbocycles. The van der Waals surface area contributed by atoms with Gasteiger partial charge in [-0.15, -0.1) is 0 Å². The second kappa shape index (κ2) is 6.52. The molecule has 0 aliphatic carbocycles. The highest BCUT2D eigenvalue weighted by atomic mass is 16.3. The first-order valence-electron chi connectivity index (χ1n) is 7.49. The Balaban J connectivity index is 1.74. The van der Waals surface area contributed by atoms with Crippen molar-refractivity contribution in [1.82, 2.24) is 10.2 Å². The van der Waals surface area contributed by atoms with Crippen LogP contribution in [0.4, 0.5) is 0 Å². The van der Waals surface area contributed by atoms with E-state index in [4.69, 9.17) is 4.42 Å². The number of rotatable bonds is 4. The van der Waals surface area contributed by atoms with Crippen LogP contribution in [0.5, 0.6) is 0 Å². The van der Waals surface area contributed by atoms with Crippen molar-refractivity contribution in [2.24, 2.45) is 0 Å². The van der Waals surface area contributed by atoms with Crippen LogP contribution in [-0.4, -0.2) is 16.7 Å². The Bertz CT molecular complexity index is 734. The molecule has 0 spiro atoms. The molecular formula is C18H18N2O3. The number of carbonyl (C=O) groups is 2. The van der Waals surface area contributed by atoms with Crippen LogP contribution in [0.25, 0.3) is 6.08 Å². The summed E-state index contributed by atoms with van der Waals surface area (Å²) < 4.78 is 4.98. The fourth-order valence-corrected chi connectivity index (χ4v) is 2.75. The van der Waals surface area contributed by atoms with E-state index in [1.54, 1.807) is 29.7 Å². The summed E-state index contributed by atoms with van der Waals surface area (Å²) in [6.07, 6.45) is 7.04. The molecule has 5 nitrogen and oxygen atoms in total. The zero-order chi connectivity index (χ0) is 16.2. The Morgan fingerprint density at radius 1 is 1.26 bits per heavy atom. The summed E-state index contributed by atoms with van der Waals surface area (Å²) in [4.78, 5) is 25.8. The maximum atomic E-state index is 12.3. The van der Waals surface area contributed by atoms with Gasteiger partial charge in [-0.3, -0.25) is 9.59 Å². The first-order valence-corrected chi connectivity index (χ1v) is 7.49. The number of amides is 2. The van der Waals surface area contributed by atoms with Gasteiger partial charge in [0.2, 0.25) is 11.8 Å². The van der Waals surface area contributed by atoms with Crippen LogP contribution < -0.4 is 5.32 Å². The van der Waals surface area contributed by atoms with Crippen molar-refractivity contribution in [2.75, 3.05) is 0 Å². The summed E-state index contributed by atoms with van der Waals surface area (Å²) in [5.41, 5.74) is 2.94. The molecule has 23 heavy (non-hydrogen) atoms. The standard InChI is InChI=1S/C18H18N2O3/c1-13(21)20-8-6-15-4-2-3-5-16(15)17(20)10-18(22)19-11-14-7-9-23-12-14/h2-9,12,17H,10-11H2,1H3,(H,19,22)/t17-/m1/s1. The lowest BCUT2D eigenvalue weighted by molar-refractivity contribution is -0.130. The Kier molecular flexibility index (Phi) is 4.28. The molecule has 0 saturated heterocycles. The second-order valence-corrected chi connectivity index (χ2v) is 5.50. The van der Waals surface area contributed by atoms with Gasteiger partial charge >= 0.3 is 0 Å². The summed E-state index contributed by atoms with van der Waals surface area (Å²) in [6.45, 7) is 1.92. The molecule has 3 rings (SSSR count). The normalized spacial score (nSPS) is 16.0. The van der Waals surface area contributed by atoms with E-state index in [0.29, 0.717) is 6.54 Å². The average Bonchev–Trinajstić information content (AvgIpc) is 3.06. The highest BCUT2D eigenvalue weighted by Crippen LogP contribution is 2.32. The van der Waals surface area contributed by atoms with E-state index in [2.05, 4.69) is 5.32 Å². The maximum absolute atomic E-state index is 12.3. The minimum Gasteiger partial charge on any atom is -0.472 e. The Morgan fingerprint density at radius 3 is 2.83 bits per heavy atom. The van der Waals surface area contributed by atoms with Gasteiger partial charge in [0.05, 0.1) is 25.0 Å². The van der Waals surface area contributed by atoms with Crippen molar-refractivity contribution in [2.45, 2.75) is 25.9 Å². The highest BCUT2D eigenvalue weighted by Gasteiger charge is 2.27. The first-order chi connectivity index (χ1) is 11.1. The molecule has 1 aliphatic rings. The van der Waals surface area contributed by atoms with Crippen LogP contribution in [0, 0.1) is 0 Å². The van der Waals surface area contributed by atoms with Gasteiger partial charge in [-0.2, -0.15) is 0 Å². The molecule has 0 bridgehead atoms. The predicted molar refractivity (Wildman–Crippen MR) is 85.9 cm³/mol. The predicted octanol–water partition coefficient (Wildman–Crippen LogP) is 2.86. The van der Waals surface area contributed by atoms with E-state index in [1.165, 1.54) is 6.92 Å². The molecule has 0 radical (unpaired) electrons. The molecule has 1 aromatic carbocycles. The van der Waals surface area contributed by atoms with Crippen LogP contribution in [-0.2, 0) is 16.1 Å². The lowest BCUT2D eigenvalue weighted by Gasteiger charge is -2.32. The van der Waals surface area contributed by atoms with Gasteiger partial charge in [0, 0.05) is 25.2 Å². The second-order valence-electron chi connectivity index (χ2n) is 5.50. The van der Waals surface area contributed by atoms with E-state index in [-0.39, 0.29) is 24.3 Å². The summed E-state index contributed by atoms with van der Waals surface area (Å²) >= 11 is 0. The van der Waals surface area contributed by atoms with Gasteiger partial charge in [-0.25, -0.2) is 0 Å². The average molecular weight is 310 g/mol. The summed E-state index contributed by atoms with van der Waals surface area (Å²) in [5, 5.41) is 2.86. The zero-order valence-corrected chi connectivity index (χ0v) is 12.9. The monoisotopic (exact) mass is 310 g/mol. The Labute approximate surface area is 134 Å². The third-order valence-corrected chi connectivity index (χ3v) is 3.92. The maximum Gasteiger partial charge on any atom is 0.223 e. The highest BCUT2D eigenvalue weighted by molar-refractivity contribution is 5.81. The molecule has 1 atom stereocenters. The largest absolute Gasteiger partial charge is 0.472 e. The molecule has 2 heterocycles. The van der Waals surface area contributed by atoms with Gasteiger partial charge in [-0.05, 0) is 23.3 Å². The van der Waals surface area contributed by atoms with Crippen molar-refractivity contribution >= 4 is 17.9 Å². The van der Waals surface area contributed by atoms with Gasteiger partial charge in [-0.1, -0.05) is 24.3 Å². The number of nitrogens with one attached hydrogen (secondary N) is 1. The number of nitrogens with zero attached hydrogens (tertiary/aromatic N) is 1. The van der Waals surface area contributed by atoms with Gasteiger partial charge < -0.3 is 14.6 Å². The molecule has 118 valence electrons. The topological polar surface area (TPSA) is 62.6 Å². The van der Waals surface area contributed by atoms with Gasteiger partial charge in [0.15, 0.2) is 0 Å². The van der Waals surface area contributed by atoms with Crippen LogP contribution in [0.3, 0.4) is 0 Å². The molecular weight excluding hydrogens is 292 g/mol. The lowest BCUT2D eigenvalue weighted by Crippen LogP contribution is -2.35. The molecule has 5 heteroatoms. The number of carbonyl (C=O) groups excluding carboxylic acids is 2. The number of benzene rings is 1. The third-order valence-electron chi connectivity index (χ3n) is 3.92. The lowest BCUT2D eigenvalue weighted by atomic mass is 9.93. The molecule has 1 aliphatic heterocycles. The minimum atomic E-state index is -0.280. The molecule has 1 aromatic heterocycles. The van der Waals surface area contributed by atoms with E-state index in [0.717, 1.165) is 16.7 Å². The van der Waals surface area contributed by atoms with Crippen LogP contribution in [0.15, 0.2) is 53.5 Å². The number of hydrogen-bond acceptors (Lipinski definition) is 3.